The molecule has 11 heavy (non-hydrogen) atoms. The van der Waals surface area contributed by atoms with E-state index in [2.05, 4.69) is 12.6 Å². The third-order valence-corrected chi connectivity index (χ3v) is 1.66. The van der Waals surface area contributed by atoms with Gasteiger partial charge in [-0.2, -0.15) is 12.6 Å². The SMILES string of the molecule is Oc1ccc(CCS)cc1O. The standard InChI is InChI=1S/C8H10O2S/c9-7-2-1-6(3-4-11)5-8(7)10/h1-2,5,9-11H,3-4H2. The van der Waals surface area contributed by atoms with E-state index in [0.717, 1.165) is 17.7 Å². The van der Waals surface area contributed by atoms with Crippen molar-refractivity contribution < 1.29 is 10.2 Å². The lowest BCUT2D eigenvalue weighted by Gasteiger charge is -2.00. The Morgan fingerprint density at radius 3 is 2.45 bits per heavy atom. The average Bonchev–Trinajstić information content (AvgIpc) is 1.98. The first-order valence-corrected chi connectivity index (χ1v) is 3.99. The molecule has 0 aliphatic rings. The van der Waals surface area contributed by atoms with E-state index >= 15 is 0 Å². The molecule has 0 saturated carbocycles. The normalized spacial score (nSPS) is 9.91. The number of phenolic OH excluding ortho intramolecular Hbond substituents is 2. The highest BCUT2D eigenvalue weighted by Gasteiger charge is 1.98. The predicted octanol–water partition coefficient (Wildman–Crippen LogP) is 1.57. The highest BCUT2D eigenvalue weighted by molar-refractivity contribution is 7.80. The summed E-state index contributed by atoms with van der Waals surface area (Å²) in [5.74, 6) is 0.599. The van der Waals surface area contributed by atoms with Crippen molar-refractivity contribution in [2.75, 3.05) is 5.75 Å². The van der Waals surface area contributed by atoms with Crippen LogP contribution in [0.3, 0.4) is 0 Å². The molecule has 60 valence electrons. The van der Waals surface area contributed by atoms with Crippen LogP contribution in [0.4, 0.5) is 0 Å². The molecular formula is C8H10O2S. The largest absolute Gasteiger partial charge is 0.504 e. The fourth-order valence-electron chi connectivity index (χ4n) is 0.854. The summed E-state index contributed by atoms with van der Waals surface area (Å²) in [4.78, 5) is 0. The minimum absolute atomic E-state index is 0.0655. The topological polar surface area (TPSA) is 40.5 Å². The van der Waals surface area contributed by atoms with Gasteiger partial charge in [0.05, 0.1) is 0 Å². The second kappa shape index (κ2) is 3.53. The summed E-state index contributed by atoms with van der Waals surface area (Å²) >= 11 is 4.05. The summed E-state index contributed by atoms with van der Waals surface area (Å²) in [6.07, 6.45) is 0.803. The van der Waals surface area contributed by atoms with Crippen molar-refractivity contribution in [3.63, 3.8) is 0 Å². The highest BCUT2D eigenvalue weighted by Crippen LogP contribution is 2.24. The molecule has 0 spiro atoms. The molecule has 0 bridgehead atoms. The lowest BCUT2D eigenvalue weighted by molar-refractivity contribution is 0.403. The smallest absolute Gasteiger partial charge is 0.157 e. The first-order chi connectivity index (χ1) is 5.24. The number of aryl methyl sites for hydroxylation is 1. The van der Waals surface area contributed by atoms with E-state index in [1.165, 1.54) is 6.07 Å². The number of rotatable bonds is 2. The molecule has 0 amide bonds. The van der Waals surface area contributed by atoms with Crippen LogP contribution < -0.4 is 0 Å². The Morgan fingerprint density at radius 2 is 1.91 bits per heavy atom. The van der Waals surface area contributed by atoms with Crippen molar-refractivity contribution in [1.82, 2.24) is 0 Å². The summed E-state index contributed by atoms with van der Waals surface area (Å²) in [5.41, 5.74) is 0.982. The van der Waals surface area contributed by atoms with E-state index in [9.17, 15) is 0 Å². The molecule has 0 saturated heterocycles. The zero-order valence-electron chi connectivity index (χ0n) is 5.99. The molecule has 0 aliphatic heterocycles. The first kappa shape index (κ1) is 8.27. The molecular weight excluding hydrogens is 160 g/mol. The first-order valence-electron chi connectivity index (χ1n) is 3.36. The molecule has 2 nitrogen and oxygen atoms in total. The summed E-state index contributed by atoms with van der Waals surface area (Å²) in [6, 6.07) is 4.80. The van der Waals surface area contributed by atoms with Gasteiger partial charge in [0.15, 0.2) is 11.5 Å². The van der Waals surface area contributed by atoms with E-state index < -0.39 is 0 Å². The third-order valence-electron chi connectivity index (χ3n) is 1.44. The van der Waals surface area contributed by atoms with Crippen molar-refractivity contribution in [3.05, 3.63) is 23.8 Å². The van der Waals surface area contributed by atoms with Gasteiger partial charge < -0.3 is 10.2 Å². The molecule has 1 aromatic rings. The molecule has 0 aromatic heterocycles. The number of benzene rings is 1. The minimum atomic E-state index is -0.0760. The molecule has 3 heteroatoms. The van der Waals surface area contributed by atoms with Gasteiger partial charge in [-0.3, -0.25) is 0 Å². The molecule has 1 rings (SSSR count). The molecule has 0 aliphatic carbocycles. The molecule has 0 radical (unpaired) electrons. The van der Waals surface area contributed by atoms with Crippen molar-refractivity contribution in [2.45, 2.75) is 6.42 Å². The van der Waals surface area contributed by atoms with Gasteiger partial charge >= 0.3 is 0 Å². The van der Waals surface area contributed by atoms with Gasteiger partial charge in [-0.15, -0.1) is 0 Å². The second-order valence-electron chi connectivity index (χ2n) is 2.30. The van der Waals surface area contributed by atoms with Gasteiger partial charge in [0.25, 0.3) is 0 Å². The molecule has 0 unspecified atom stereocenters. The predicted molar refractivity (Wildman–Crippen MR) is 47.3 cm³/mol. The maximum Gasteiger partial charge on any atom is 0.157 e. The van der Waals surface area contributed by atoms with Crippen LogP contribution >= 0.6 is 12.6 Å². The van der Waals surface area contributed by atoms with Crippen LogP contribution in [0.5, 0.6) is 11.5 Å². The zero-order valence-corrected chi connectivity index (χ0v) is 6.88. The Morgan fingerprint density at radius 1 is 1.18 bits per heavy atom. The van der Waals surface area contributed by atoms with Crippen LogP contribution in [-0.4, -0.2) is 16.0 Å². The maximum atomic E-state index is 9.05. The van der Waals surface area contributed by atoms with Crippen molar-refractivity contribution >= 4 is 12.6 Å². The number of phenols is 2. The van der Waals surface area contributed by atoms with Gasteiger partial charge in [-0.25, -0.2) is 0 Å². The average molecular weight is 170 g/mol. The van der Waals surface area contributed by atoms with Crippen LogP contribution in [0, 0.1) is 0 Å². The van der Waals surface area contributed by atoms with Crippen LogP contribution in [0.1, 0.15) is 5.56 Å². The molecule has 0 fully saturated rings. The lowest BCUT2D eigenvalue weighted by Crippen LogP contribution is -1.84. The number of thiol groups is 1. The Bertz CT molecular complexity index is 248. The fourth-order valence-corrected chi connectivity index (χ4v) is 1.11. The van der Waals surface area contributed by atoms with Crippen LogP contribution in [0.2, 0.25) is 0 Å². The van der Waals surface area contributed by atoms with Crippen LogP contribution in [0.15, 0.2) is 18.2 Å². The second-order valence-corrected chi connectivity index (χ2v) is 2.74. The lowest BCUT2D eigenvalue weighted by atomic mass is 10.1. The van der Waals surface area contributed by atoms with E-state index in [-0.39, 0.29) is 11.5 Å². The molecule has 2 N–H and O–H groups in total. The summed E-state index contributed by atoms with van der Waals surface area (Å²) in [5, 5.41) is 18.0. The van der Waals surface area contributed by atoms with E-state index in [4.69, 9.17) is 10.2 Å². The highest BCUT2D eigenvalue weighted by atomic mass is 32.1. The Balaban J connectivity index is 2.86. The minimum Gasteiger partial charge on any atom is -0.504 e. The zero-order chi connectivity index (χ0) is 8.27. The Kier molecular flexibility index (Phi) is 2.65. The quantitative estimate of drug-likeness (QED) is 0.466. The maximum absolute atomic E-state index is 9.05. The fraction of sp³-hybridized carbons (Fsp3) is 0.250. The van der Waals surface area contributed by atoms with Gasteiger partial charge in [-0.1, -0.05) is 6.07 Å². The van der Waals surface area contributed by atoms with Crippen molar-refractivity contribution in [1.29, 1.82) is 0 Å². The number of hydrogen-bond donors (Lipinski definition) is 3. The number of aromatic hydroxyl groups is 2. The molecule has 1 aromatic carbocycles. The van der Waals surface area contributed by atoms with Crippen molar-refractivity contribution in [3.8, 4) is 11.5 Å². The van der Waals surface area contributed by atoms with Gasteiger partial charge in [0.2, 0.25) is 0 Å². The Hall–Kier alpha value is -0.830. The van der Waals surface area contributed by atoms with E-state index in [0.29, 0.717) is 0 Å². The van der Waals surface area contributed by atoms with Crippen LogP contribution in [-0.2, 0) is 6.42 Å². The monoisotopic (exact) mass is 170 g/mol. The summed E-state index contributed by atoms with van der Waals surface area (Å²) < 4.78 is 0. The third kappa shape index (κ3) is 2.05. The molecule has 0 heterocycles. The summed E-state index contributed by atoms with van der Waals surface area (Å²) in [6.45, 7) is 0. The van der Waals surface area contributed by atoms with E-state index in [1.807, 2.05) is 0 Å². The van der Waals surface area contributed by atoms with Crippen molar-refractivity contribution in [2.24, 2.45) is 0 Å². The number of hydrogen-bond acceptors (Lipinski definition) is 3. The van der Waals surface area contributed by atoms with Crippen LogP contribution in [0.25, 0.3) is 0 Å². The Labute approximate surface area is 70.9 Å². The van der Waals surface area contributed by atoms with Gasteiger partial charge in [-0.05, 0) is 29.9 Å². The summed E-state index contributed by atoms with van der Waals surface area (Å²) in [7, 11) is 0. The van der Waals surface area contributed by atoms with E-state index in [1.54, 1.807) is 12.1 Å². The van der Waals surface area contributed by atoms with Gasteiger partial charge in [0, 0.05) is 0 Å². The van der Waals surface area contributed by atoms with Gasteiger partial charge in [0.1, 0.15) is 0 Å². The molecule has 0 atom stereocenters.